The van der Waals surface area contributed by atoms with Crippen LogP contribution >= 0.6 is 0 Å². The van der Waals surface area contributed by atoms with Crippen molar-refractivity contribution in [1.82, 2.24) is 15.0 Å². The number of aromatic nitrogens is 3. The minimum Gasteiger partial charge on any atom is -0.255 e. The second-order valence-corrected chi connectivity index (χ2v) is 7.72. The summed E-state index contributed by atoms with van der Waals surface area (Å²) in [5, 5.41) is 2.18. The molecule has 0 N–H and O–H groups in total. The molecular weight excluding hydrogens is 390 g/mol. The monoisotopic (exact) mass is 409 g/mol. The number of nitrogens with zero attached hydrogens (tertiary/aromatic N) is 3. The average Bonchev–Trinajstić information content (AvgIpc) is 2.89. The SMILES string of the molecule is c1ccc(-c2ccnc3c2ccc2c(-c4ccccc4)cc(-c4ccccn4)nc23)cc1. The molecule has 0 saturated heterocycles. The zero-order valence-electron chi connectivity index (χ0n) is 17.3. The largest absolute Gasteiger partial charge is 0.255 e. The maximum Gasteiger partial charge on any atom is 0.0979 e. The first-order chi connectivity index (χ1) is 15.9. The van der Waals surface area contributed by atoms with E-state index in [1.807, 2.05) is 36.5 Å². The van der Waals surface area contributed by atoms with E-state index in [1.165, 1.54) is 5.56 Å². The highest BCUT2D eigenvalue weighted by molar-refractivity contribution is 6.12. The van der Waals surface area contributed by atoms with E-state index in [0.717, 1.165) is 49.9 Å². The molecule has 0 aliphatic heterocycles. The molecule has 32 heavy (non-hydrogen) atoms. The molecule has 6 rings (SSSR count). The predicted molar refractivity (Wildman–Crippen MR) is 131 cm³/mol. The van der Waals surface area contributed by atoms with Gasteiger partial charge in [-0.05, 0) is 46.5 Å². The van der Waals surface area contributed by atoms with E-state index in [1.54, 1.807) is 6.20 Å². The summed E-state index contributed by atoms with van der Waals surface area (Å²) in [5.74, 6) is 0. The molecule has 0 atom stereocenters. The third-order valence-corrected chi connectivity index (χ3v) is 5.79. The molecule has 0 spiro atoms. The molecule has 150 valence electrons. The number of benzene rings is 3. The van der Waals surface area contributed by atoms with Crippen LogP contribution in [0.15, 0.2) is 116 Å². The second kappa shape index (κ2) is 7.71. The van der Waals surface area contributed by atoms with Crippen molar-refractivity contribution in [3.05, 3.63) is 116 Å². The first-order valence-corrected chi connectivity index (χ1v) is 10.6. The number of rotatable bonds is 3. The van der Waals surface area contributed by atoms with E-state index in [9.17, 15) is 0 Å². The lowest BCUT2D eigenvalue weighted by Crippen LogP contribution is -1.94. The molecule has 3 heteroatoms. The van der Waals surface area contributed by atoms with E-state index >= 15 is 0 Å². The first-order valence-electron chi connectivity index (χ1n) is 10.6. The third kappa shape index (κ3) is 3.12. The molecule has 0 saturated carbocycles. The van der Waals surface area contributed by atoms with E-state index in [-0.39, 0.29) is 0 Å². The minimum absolute atomic E-state index is 0.844. The van der Waals surface area contributed by atoms with Crippen LogP contribution in [0, 0.1) is 0 Å². The van der Waals surface area contributed by atoms with E-state index in [2.05, 4.69) is 77.8 Å². The first kappa shape index (κ1) is 18.4. The van der Waals surface area contributed by atoms with Crippen LogP contribution in [0.5, 0.6) is 0 Å². The highest BCUT2D eigenvalue weighted by atomic mass is 14.8. The summed E-state index contributed by atoms with van der Waals surface area (Å²) in [5.41, 5.74) is 8.09. The number of hydrogen-bond acceptors (Lipinski definition) is 3. The van der Waals surface area contributed by atoms with Crippen LogP contribution in [-0.2, 0) is 0 Å². The van der Waals surface area contributed by atoms with Crippen LogP contribution < -0.4 is 0 Å². The standard InChI is InChI=1S/C29H19N3/c1-3-9-20(10-4-1)22-16-18-31-28-23(22)14-15-24-25(21-11-5-2-6-12-21)19-27(32-29(24)28)26-13-7-8-17-30-26/h1-19H. The van der Waals surface area contributed by atoms with Gasteiger partial charge in [-0.15, -0.1) is 0 Å². The molecular formula is C29H19N3. The Morgan fingerprint density at radius 2 is 1.09 bits per heavy atom. The van der Waals surface area contributed by atoms with Crippen LogP contribution in [0.1, 0.15) is 0 Å². The van der Waals surface area contributed by atoms with Gasteiger partial charge in [0.2, 0.25) is 0 Å². The maximum atomic E-state index is 5.07. The molecule has 3 aromatic carbocycles. The molecule has 6 aromatic rings. The lowest BCUT2D eigenvalue weighted by atomic mass is 9.95. The van der Waals surface area contributed by atoms with E-state index in [4.69, 9.17) is 9.97 Å². The van der Waals surface area contributed by atoms with Crippen molar-refractivity contribution < 1.29 is 0 Å². The Morgan fingerprint density at radius 3 is 1.78 bits per heavy atom. The van der Waals surface area contributed by atoms with Crippen LogP contribution in [0.3, 0.4) is 0 Å². The molecule has 3 aromatic heterocycles. The maximum absolute atomic E-state index is 5.07. The van der Waals surface area contributed by atoms with Crippen molar-refractivity contribution in [3.8, 4) is 33.6 Å². The fourth-order valence-corrected chi connectivity index (χ4v) is 4.27. The van der Waals surface area contributed by atoms with Gasteiger partial charge < -0.3 is 0 Å². The van der Waals surface area contributed by atoms with Crippen LogP contribution in [-0.4, -0.2) is 15.0 Å². The molecule has 0 aliphatic carbocycles. The van der Waals surface area contributed by atoms with Crippen LogP contribution in [0.4, 0.5) is 0 Å². The zero-order valence-corrected chi connectivity index (χ0v) is 17.3. The topological polar surface area (TPSA) is 38.7 Å². The van der Waals surface area contributed by atoms with Gasteiger partial charge in [-0.1, -0.05) is 78.9 Å². The fourth-order valence-electron chi connectivity index (χ4n) is 4.27. The van der Waals surface area contributed by atoms with Crippen molar-refractivity contribution in [3.63, 3.8) is 0 Å². The van der Waals surface area contributed by atoms with E-state index < -0.39 is 0 Å². The Bertz CT molecular complexity index is 1540. The van der Waals surface area contributed by atoms with Gasteiger partial charge in [0.1, 0.15) is 0 Å². The van der Waals surface area contributed by atoms with E-state index in [0.29, 0.717) is 0 Å². The number of pyridine rings is 3. The lowest BCUT2D eigenvalue weighted by molar-refractivity contribution is 1.27. The van der Waals surface area contributed by atoms with Crippen molar-refractivity contribution in [2.45, 2.75) is 0 Å². The molecule has 0 radical (unpaired) electrons. The molecule has 0 unspecified atom stereocenters. The Balaban J connectivity index is 1.71. The van der Waals surface area contributed by atoms with Crippen molar-refractivity contribution >= 4 is 21.8 Å². The van der Waals surface area contributed by atoms with Crippen LogP contribution in [0.25, 0.3) is 55.4 Å². The van der Waals surface area contributed by atoms with Crippen molar-refractivity contribution in [2.75, 3.05) is 0 Å². The van der Waals surface area contributed by atoms with Gasteiger partial charge in [0, 0.05) is 23.2 Å². The molecule has 0 bridgehead atoms. The Morgan fingerprint density at radius 1 is 0.438 bits per heavy atom. The van der Waals surface area contributed by atoms with Gasteiger partial charge in [-0.25, -0.2) is 4.98 Å². The van der Waals surface area contributed by atoms with Crippen molar-refractivity contribution in [1.29, 1.82) is 0 Å². The summed E-state index contributed by atoms with van der Waals surface area (Å²) >= 11 is 0. The minimum atomic E-state index is 0.844. The number of fused-ring (bicyclic) bond motifs is 3. The van der Waals surface area contributed by atoms with Crippen molar-refractivity contribution in [2.24, 2.45) is 0 Å². The third-order valence-electron chi connectivity index (χ3n) is 5.79. The molecule has 3 nitrogen and oxygen atoms in total. The quantitative estimate of drug-likeness (QED) is 0.291. The molecule has 0 amide bonds. The molecule has 0 fully saturated rings. The smallest absolute Gasteiger partial charge is 0.0979 e. The van der Waals surface area contributed by atoms with Gasteiger partial charge in [0.05, 0.1) is 22.4 Å². The Labute approximate surface area is 186 Å². The van der Waals surface area contributed by atoms with Gasteiger partial charge in [0.15, 0.2) is 0 Å². The summed E-state index contributed by atoms with van der Waals surface area (Å²) in [4.78, 5) is 14.4. The summed E-state index contributed by atoms with van der Waals surface area (Å²) < 4.78 is 0. The predicted octanol–water partition coefficient (Wildman–Crippen LogP) is 7.18. The average molecular weight is 409 g/mol. The normalized spacial score (nSPS) is 11.1. The lowest BCUT2D eigenvalue weighted by Gasteiger charge is -2.13. The summed E-state index contributed by atoms with van der Waals surface area (Å²) in [6.07, 6.45) is 3.68. The van der Waals surface area contributed by atoms with Gasteiger partial charge in [0.25, 0.3) is 0 Å². The summed E-state index contributed by atoms with van der Waals surface area (Å²) in [6, 6.07) is 35.3. The zero-order chi connectivity index (χ0) is 21.3. The van der Waals surface area contributed by atoms with Gasteiger partial charge >= 0.3 is 0 Å². The summed E-state index contributed by atoms with van der Waals surface area (Å²) in [6.45, 7) is 0. The molecule has 3 heterocycles. The van der Waals surface area contributed by atoms with Gasteiger partial charge in [-0.3, -0.25) is 9.97 Å². The number of hydrogen-bond donors (Lipinski definition) is 0. The summed E-state index contributed by atoms with van der Waals surface area (Å²) in [7, 11) is 0. The van der Waals surface area contributed by atoms with Gasteiger partial charge in [-0.2, -0.15) is 0 Å². The Hall–Kier alpha value is -4.37. The van der Waals surface area contributed by atoms with Crippen LogP contribution in [0.2, 0.25) is 0 Å². The molecule has 0 aliphatic rings. The Kier molecular flexibility index (Phi) is 4.43. The highest BCUT2D eigenvalue weighted by Gasteiger charge is 2.15. The highest BCUT2D eigenvalue weighted by Crippen LogP contribution is 2.37. The second-order valence-electron chi connectivity index (χ2n) is 7.72. The fraction of sp³-hybridized carbons (Fsp3) is 0.